The fourth-order valence-electron chi connectivity index (χ4n) is 0.881. The average molecular weight is 217 g/mol. The van der Waals surface area contributed by atoms with Crippen molar-refractivity contribution in [1.82, 2.24) is 0 Å². The van der Waals surface area contributed by atoms with Crippen molar-refractivity contribution < 1.29 is 18.6 Å². The van der Waals surface area contributed by atoms with Crippen LogP contribution in [0.3, 0.4) is 0 Å². The van der Waals surface area contributed by atoms with Gasteiger partial charge in [0.1, 0.15) is 12.4 Å². The second kappa shape index (κ2) is 4.55. The molecule has 0 heterocycles. The van der Waals surface area contributed by atoms with Crippen molar-refractivity contribution in [3.8, 4) is 5.75 Å². The molecule has 15 heavy (non-hydrogen) atoms. The molecule has 0 bridgehead atoms. The fourth-order valence-corrected chi connectivity index (χ4v) is 0.881. The van der Waals surface area contributed by atoms with E-state index in [1.54, 1.807) is 6.92 Å². The number of nitrogens with two attached hydrogens (primary N) is 1. The summed E-state index contributed by atoms with van der Waals surface area (Å²) in [5.41, 5.74) is 4.63. The molecule has 0 amide bonds. The second-order valence-corrected chi connectivity index (χ2v) is 3.68. The van der Waals surface area contributed by atoms with Crippen LogP contribution in [0.1, 0.15) is 6.92 Å². The molecular formula is C10H13F2NO2. The Labute approximate surface area is 86.5 Å². The van der Waals surface area contributed by atoms with Gasteiger partial charge in [0.2, 0.25) is 0 Å². The first-order valence-corrected chi connectivity index (χ1v) is 4.42. The van der Waals surface area contributed by atoms with Gasteiger partial charge < -0.3 is 15.6 Å². The molecule has 5 heteroatoms. The summed E-state index contributed by atoms with van der Waals surface area (Å²) in [6.45, 7) is 1.23. The van der Waals surface area contributed by atoms with Crippen LogP contribution < -0.4 is 10.5 Å². The number of ether oxygens (including phenoxy) is 1. The van der Waals surface area contributed by atoms with Crippen LogP contribution in [0.5, 0.6) is 5.75 Å². The molecule has 0 aromatic heterocycles. The van der Waals surface area contributed by atoms with Crippen molar-refractivity contribution in [1.29, 1.82) is 0 Å². The zero-order chi connectivity index (χ0) is 11.5. The summed E-state index contributed by atoms with van der Waals surface area (Å²) in [6, 6.07) is 2.99. The third-order valence-corrected chi connectivity index (χ3v) is 1.81. The molecule has 1 aromatic carbocycles. The molecule has 84 valence electrons. The van der Waals surface area contributed by atoms with E-state index in [0.717, 1.165) is 12.1 Å². The van der Waals surface area contributed by atoms with Gasteiger partial charge in [-0.1, -0.05) is 0 Å². The Morgan fingerprint density at radius 3 is 2.67 bits per heavy atom. The number of aliphatic hydroxyl groups excluding tert-OH is 1. The van der Waals surface area contributed by atoms with E-state index in [4.69, 9.17) is 15.6 Å². The summed E-state index contributed by atoms with van der Waals surface area (Å²) in [6.07, 6.45) is 0. The quantitative estimate of drug-likeness (QED) is 0.792. The van der Waals surface area contributed by atoms with Gasteiger partial charge in [0, 0.05) is 6.07 Å². The van der Waals surface area contributed by atoms with Crippen LogP contribution in [0.15, 0.2) is 18.2 Å². The normalized spacial score (nSPS) is 14.7. The van der Waals surface area contributed by atoms with Crippen molar-refractivity contribution >= 4 is 0 Å². The van der Waals surface area contributed by atoms with E-state index in [2.05, 4.69) is 0 Å². The van der Waals surface area contributed by atoms with Crippen molar-refractivity contribution in [3.05, 3.63) is 29.8 Å². The molecule has 0 fully saturated rings. The van der Waals surface area contributed by atoms with Crippen LogP contribution in [0.2, 0.25) is 0 Å². The SMILES string of the molecule is CC(N)(CO)COc1ccc(F)cc1F. The first-order chi connectivity index (χ1) is 6.94. The van der Waals surface area contributed by atoms with E-state index in [-0.39, 0.29) is 19.0 Å². The van der Waals surface area contributed by atoms with Gasteiger partial charge in [0.25, 0.3) is 0 Å². The van der Waals surface area contributed by atoms with Crippen molar-refractivity contribution in [2.75, 3.05) is 13.2 Å². The number of hydrogen-bond acceptors (Lipinski definition) is 3. The van der Waals surface area contributed by atoms with E-state index >= 15 is 0 Å². The standard InChI is InChI=1S/C10H13F2NO2/c1-10(13,5-14)6-15-9-3-2-7(11)4-8(9)12/h2-4,14H,5-6,13H2,1H3. The van der Waals surface area contributed by atoms with Crippen LogP contribution in [-0.4, -0.2) is 23.9 Å². The second-order valence-electron chi connectivity index (χ2n) is 3.68. The summed E-state index contributed by atoms with van der Waals surface area (Å²) < 4.78 is 30.6. The highest BCUT2D eigenvalue weighted by Gasteiger charge is 2.18. The summed E-state index contributed by atoms with van der Waals surface area (Å²) in [5, 5.41) is 8.83. The first kappa shape index (κ1) is 11.9. The molecule has 1 rings (SSSR count). The Morgan fingerprint density at radius 1 is 1.47 bits per heavy atom. The molecule has 0 aliphatic carbocycles. The molecule has 1 atom stereocenters. The van der Waals surface area contributed by atoms with Gasteiger partial charge in [-0.25, -0.2) is 8.78 Å². The van der Waals surface area contributed by atoms with Gasteiger partial charge in [-0.3, -0.25) is 0 Å². The van der Waals surface area contributed by atoms with Crippen LogP contribution in [-0.2, 0) is 0 Å². The number of halogens is 2. The highest BCUT2D eigenvalue weighted by atomic mass is 19.1. The molecule has 3 nitrogen and oxygen atoms in total. The summed E-state index contributed by atoms with van der Waals surface area (Å²) in [7, 11) is 0. The molecule has 0 radical (unpaired) electrons. The van der Waals surface area contributed by atoms with Crippen molar-refractivity contribution in [2.24, 2.45) is 5.73 Å². The molecule has 0 spiro atoms. The maximum Gasteiger partial charge on any atom is 0.167 e. The molecule has 0 aliphatic rings. The molecule has 1 aromatic rings. The van der Waals surface area contributed by atoms with Gasteiger partial charge in [0.05, 0.1) is 12.1 Å². The third-order valence-electron chi connectivity index (χ3n) is 1.81. The lowest BCUT2D eigenvalue weighted by Crippen LogP contribution is -2.46. The first-order valence-electron chi connectivity index (χ1n) is 4.42. The summed E-state index contributed by atoms with van der Waals surface area (Å²) in [5.74, 6) is -1.54. The van der Waals surface area contributed by atoms with Crippen LogP contribution in [0.4, 0.5) is 8.78 Å². The minimum absolute atomic E-state index is 0.0496. The zero-order valence-corrected chi connectivity index (χ0v) is 8.34. The molecular weight excluding hydrogens is 204 g/mol. The number of benzene rings is 1. The predicted octanol–water partition coefficient (Wildman–Crippen LogP) is 1.05. The lowest BCUT2D eigenvalue weighted by atomic mass is 10.1. The minimum Gasteiger partial charge on any atom is -0.489 e. The maximum absolute atomic E-state index is 13.1. The zero-order valence-electron chi connectivity index (χ0n) is 8.34. The molecule has 1 unspecified atom stereocenters. The number of rotatable bonds is 4. The van der Waals surface area contributed by atoms with Gasteiger partial charge in [0.15, 0.2) is 11.6 Å². The van der Waals surface area contributed by atoms with Crippen LogP contribution >= 0.6 is 0 Å². The Kier molecular flexibility index (Phi) is 3.60. The van der Waals surface area contributed by atoms with E-state index < -0.39 is 17.2 Å². The highest BCUT2D eigenvalue weighted by molar-refractivity contribution is 5.24. The van der Waals surface area contributed by atoms with E-state index in [1.165, 1.54) is 6.07 Å². The fraction of sp³-hybridized carbons (Fsp3) is 0.400. The Bertz CT molecular complexity index is 342. The topological polar surface area (TPSA) is 55.5 Å². The number of hydrogen-bond donors (Lipinski definition) is 2. The molecule has 3 N–H and O–H groups in total. The lowest BCUT2D eigenvalue weighted by molar-refractivity contribution is 0.143. The van der Waals surface area contributed by atoms with E-state index in [0.29, 0.717) is 0 Å². The Hall–Kier alpha value is -1.20. The van der Waals surface area contributed by atoms with Crippen molar-refractivity contribution in [3.63, 3.8) is 0 Å². The molecule has 0 aliphatic heterocycles. The number of aliphatic hydroxyl groups is 1. The van der Waals surface area contributed by atoms with Gasteiger partial charge in [-0.05, 0) is 19.1 Å². The Morgan fingerprint density at radius 2 is 2.13 bits per heavy atom. The minimum atomic E-state index is -0.944. The molecule has 0 saturated carbocycles. The van der Waals surface area contributed by atoms with Crippen LogP contribution in [0, 0.1) is 11.6 Å². The largest absolute Gasteiger partial charge is 0.489 e. The highest BCUT2D eigenvalue weighted by Crippen LogP contribution is 2.18. The van der Waals surface area contributed by atoms with E-state index in [1.807, 2.05) is 0 Å². The van der Waals surface area contributed by atoms with Gasteiger partial charge in [-0.15, -0.1) is 0 Å². The molecule has 0 saturated heterocycles. The maximum atomic E-state index is 13.1. The lowest BCUT2D eigenvalue weighted by Gasteiger charge is -2.21. The van der Waals surface area contributed by atoms with Crippen molar-refractivity contribution in [2.45, 2.75) is 12.5 Å². The third kappa shape index (κ3) is 3.45. The van der Waals surface area contributed by atoms with Gasteiger partial charge in [-0.2, -0.15) is 0 Å². The summed E-state index contributed by atoms with van der Waals surface area (Å²) in [4.78, 5) is 0. The average Bonchev–Trinajstić information content (AvgIpc) is 2.16. The summed E-state index contributed by atoms with van der Waals surface area (Å²) >= 11 is 0. The van der Waals surface area contributed by atoms with Crippen LogP contribution in [0.25, 0.3) is 0 Å². The smallest absolute Gasteiger partial charge is 0.167 e. The monoisotopic (exact) mass is 217 g/mol. The predicted molar refractivity (Wildman–Crippen MR) is 51.5 cm³/mol. The van der Waals surface area contributed by atoms with E-state index in [9.17, 15) is 8.78 Å². The Balaban J connectivity index is 2.66. The van der Waals surface area contributed by atoms with Gasteiger partial charge >= 0.3 is 0 Å².